The smallest absolute Gasteiger partial charge is 0.00206 e. The number of unbranched alkanes of at least 4 members (excludes halogenated alkanes) is 3. The molecule has 1 heteroatoms. The molecule has 1 atom stereocenters. The maximum atomic E-state index is 3.47. The fourth-order valence-corrected chi connectivity index (χ4v) is 1.96. The van der Waals surface area contributed by atoms with Crippen LogP contribution >= 0.6 is 0 Å². The summed E-state index contributed by atoms with van der Waals surface area (Å²) in [5, 5.41) is 3.47. The summed E-state index contributed by atoms with van der Waals surface area (Å²) in [7, 11) is 0. The molecule has 0 rings (SSSR count). The van der Waals surface area contributed by atoms with E-state index in [9.17, 15) is 0 Å². The Morgan fingerprint density at radius 3 is 2.21 bits per heavy atom. The van der Waals surface area contributed by atoms with E-state index >= 15 is 0 Å². The molecule has 1 N–H and O–H groups in total. The van der Waals surface area contributed by atoms with Gasteiger partial charge in [-0.05, 0) is 31.8 Å². The van der Waals surface area contributed by atoms with Crippen LogP contribution in [0.1, 0.15) is 65.7 Å². The zero-order valence-corrected chi connectivity index (χ0v) is 10.4. The van der Waals surface area contributed by atoms with E-state index in [0.29, 0.717) is 0 Å². The molecule has 0 radical (unpaired) electrons. The molecule has 0 aliphatic carbocycles. The van der Waals surface area contributed by atoms with Crippen molar-refractivity contribution in [2.24, 2.45) is 5.92 Å². The molecule has 0 heterocycles. The van der Waals surface area contributed by atoms with E-state index in [1.807, 2.05) is 0 Å². The molecule has 0 aromatic rings. The van der Waals surface area contributed by atoms with Gasteiger partial charge in [0.05, 0.1) is 0 Å². The maximum Gasteiger partial charge on any atom is -0.00206 e. The predicted molar refractivity (Wildman–Crippen MR) is 65.7 cm³/mol. The molecule has 1 nitrogen and oxygen atoms in total. The zero-order valence-electron chi connectivity index (χ0n) is 10.4. The summed E-state index contributed by atoms with van der Waals surface area (Å²) in [6.07, 6.45) is 9.81. The van der Waals surface area contributed by atoms with Crippen molar-refractivity contribution < 1.29 is 0 Å². The fraction of sp³-hybridized carbons (Fsp3) is 1.00. The first-order valence-corrected chi connectivity index (χ1v) is 6.55. The normalized spacial score (nSPS) is 13.1. The highest BCUT2D eigenvalue weighted by Crippen LogP contribution is 2.15. The molecule has 0 aliphatic rings. The van der Waals surface area contributed by atoms with E-state index in [2.05, 4.69) is 26.1 Å². The highest BCUT2D eigenvalue weighted by atomic mass is 14.8. The highest BCUT2D eigenvalue weighted by molar-refractivity contribution is 4.62. The summed E-state index contributed by atoms with van der Waals surface area (Å²) in [6, 6.07) is 0. The van der Waals surface area contributed by atoms with Crippen LogP contribution in [0, 0.1) is 5.92 Å². The Morgan fingerprint density at radius 1 is 0.857 bits per heavy atom. The Labute approximate surface area is 90.7 Å². The summed E-state index contributed by atoms with van der Waals surface area (Å²) >= 11 is 0. The van der Waals surface area contributed by atoms with Crippen LogP contribution in [0.5, 0.6) is 0 Å². The van der Waals surface area contributed by atoms with Gasteiger partial charge in [0.15, 0.2) is 0 Å². The highest BCUT2D eigenvalue weighted by Gasteiger charge is 2.05. The second-order valence-electron chi connectivity index (χ2n) is 4.31. The first-order valence-electron chi connectivity index (χ1n) is 6.55. The van der Waals surface area contributed by atoms with Crippen LogP contribution < -0.4 is 5.32 Å². The summed E-state index contributed by atoms with van der Waals surface area (Å²) in [5.74, 6) is 0.928. The Balaban J connectivity index is 3.40. The molecule has 0 aromatic carbocycles. The molecule has 0 saturated carbocycles. The number of hydrogen-bond acceptors (Lipinski definition) is 1. The second-order valence-corrected chi connectivity index (χ2v) is 4.31. The lowest BCUT2D eigenvalue weighted by Gasteiger charge is -2.16. The van der Waals surface area contributed by atoms with Crippen molar-refractivity contribution in [1.29, 1.82) is 0 Å². The van der Waals surface area contributed by atoms with E-state index in [0.717, 1.165) is 12.5 Å². The van der Waals surface area contributed by atoms with Crippen LogP contribution in [0.4, 0.5) is 0 Å². The number of rotatable bonds is 10. The predicted octanol–water partition coefficient (Wildman–Crippen LogP) is 3.98. The van der Waals surface area contributed by atoms with Crippen LogP contribution in [-0.2, 0) is 0 Å². The Kier molecular flexibility index (Phi) is 11.0. The van der Waals surface area contributed by atoms with Crippen molar-refractivity contribution in [3.63, 3.8) is 0 Å². The topological polar surface area (TPSA) is 12.0 Å². The molecule has 0 aliphatic heterocycles. The zero-order chi connectivity index (χ0) is 10.6. The van der Waals surface area contributed by atoms with Gasteiger partial charge in [-0.25, -0.2) is 0 Å². The molecular formula is C13H29N. The minimum atomic E-state index is 0.928. The quantitative estimate of drug-likeness (QED) is 0.525. The van der Waals surface area contributed by atoms with Gasteiger partial charge in [0.2, 0.25) is 0 Å². The molecule has 0 amide bonds. The third-order valence-electron chi connectivity index (χ3n) is 2.85. The lowest BCUT2D eigenvalue weighted by atomic mass is 9.96. The van der Waals surface area contributed by atoms with Crippen molar-refractivity contribution in [1.82, 2.24) is 5.32 Å². The van der Waals surface area contributed by atoms with E-state index in [4.69, 9.17) is 0 Å². The van der Waals surface area contributed by atoms with E-state index in [-0.39, 0.29) is 0 Å². The van der Waals surface area contributed by atoms with Gasteiger partial charge in [-0.15, -0.1) is 0 Å². The van der Waals surface area contributed by atoms with Gasteiger partial charge in [0.1, 0.15) is 0 Å². The monoisotopic (exact) mass is 199 g/mol. The molecule has 0 fully saturated rings. The van der Waals surface area contributed by atoms with E-state index in [1.165, 1.54) is 51.5 Å². The van der Waals surface area contributed by atoms with Crippen molar-refractivity contribution in [2.45, 2.75) is 65.7 Å². The van der Waals surface area contributed by atoms with Crippen LogP contribution in [0.15, 0.2) is 0 Å². The molecule has 0 spiro atoms. The third kappa shape index (κ3) is 8.55. The van der Waals surface area contributed by atoms with Crippen LogP contribution in [0.3, 0.4) is 0 Å². The SMILES string of the molecule is CCCCCC[C@@H](CCC)CNCC. The molecule has 0 bridgehead atoms. The van der Waals surface area contributed by atoms with Gasteiger partial charge in [-0.2, -0.15) is 0 Å². The van der Waals surface area contributed by atoms with Crippen LogP contribution in [0.2, 0.25) is 0 Å². The van der Waals surface area contributed by atoms with Crippen molar-refractivity contribution in [2.75, 3.05) is 13.1 Å². The Bertz CT molecular complexity index is 101. The minimum Gasteiger partial charge on any atom is -0.317 e. The number of hydrogen-bond donors (Lipinski definition) is 1. The largest absolute Gasteiger partial charge is 0.317 e. The first-order chi connectivity index (χ1) is 6.85. The van der Waals surface area contributed by atoms with Crippen LogP contribution in [-0.4, -0.2) is 13.1 Å². The van der Waals surface area contributed by atoms with Gasteiger partial charge in [-0.3, -0.25) is 0 Å². The van der Waals surface area contributed by atoms with Gasteiger partial charge in [-0.1, -0.05) is 52.9 Å². The standard InChI is InChI=1S/C13H29N/c1-4-7-8-9-11-13(10-5-2)12-14-6-3/h13-14H,4-12H2,1-3H3/t13-/m1/s1. The second kappa shape index (κ2) is 11.0. The Hall–Kier alpha value is -0.0400. The van der Waals surface area contributed by atoms with Crippen molar-refractivity contribution in [3.05, 3.63) is 0 Å². The molecule has 0 saturated heterocycles. The molecule has 0 unspecified atom stereocenters. The van der Waals surface area contributed by atoms with Gasteiger partial charge in [0.25, 0.3) is 0 Å². The lowest BCUT2D eigenvalue weighted by Crippen LogP contribution is -2.22. The molecule has 14 heavy (non-hydrogen) atoms. The average Bonchev–Trinajstić information content (AvgIpc) is 2.20. The van der Waals surface area contributed by atoms with Crippen molar-refractivity contribution >= 4 is 0 Å². The lowest BCUT2D eigenvalue weighted by molar-refractivity contribution is 0.400. The van der Waals surface area contributed by atoms with Gasteiger partial charge in [0, 0.05) is 0 Å². The van der Waals surface area contributed by atoms with Crippen molar-refractivity contribution in [3.8, 4) is 0 Å². The van der Waals surface area contributed by atoms with Crippen LogP contribution in [0.25, 0.3) is 0 Å². The summed E-state index contributed by atoms with van der Waals surface area (Å²) < 4.78 is 0. The molecule has 0 aromatic heterocycles. The maximum absolute atomic E-state index is 3.47. The van der Waals surface area contributed by atoms with Gasteiger partial charge >= 0.3 is 0 Å². The first kappa shape index (κ1) is 14.0. The Morgan fingerprint density at radius 2 is 1.64 bits per heavy atom. The minimum absolute atomic E-state index is 0.928. The summed E-state index contributed by atoms with van der Waals surface area (Å²) in [6.45, 7) is 9.12. The number of nitrogens with one attached hydrogen (secondary N) is 1. The van der Waals surface area contributed by atoms with E-state index in [1.54, 1.807) is 0 Å². The molecular weight excluding hydrogens is 170 g/mol. The fourth-order valence-electron chi connectivity index (χ4n) is 1.96. The van der Waals surface area contributed by atoms with Gasteiger partial charge < -0.3 is 5.32 Å². The average molecular weight is 199 g/mol. The third-order valence-corrected chi connectivity index (χ3v) is 2.85. The summed E-state index contributed by atoms with van der Waals surface area (Å²) in [4.78, 5) is 0. The molecule has 86 valence electrons. The van der Waals surface area contributed by atoms with E-state index < -0.39 is 0 Å². The summed E-state index contributed by atoms with van der Waals surface area (Å²) in [5.41, 5.74) is 0.